The summed E-state index contributed by atoms with van der Waals surface area (Å²) < 4.78 is 56.6. The lowest BCUT2D eigenvalue weighted by Crippen LogP contribution is -2.38. The highest BCUT2D eigenvalue weighted by molar-refractivity contribution is 7.89. The number of rotatable bonds is 15. The van der Waals surface area contributed by atoms with Crippen molar-refractivity contribution in [1.82, 2.24) is 9.62 Å². The van der Waals surface area contributed by atoms with E-state index in [1.165, 1.54) is 6.07 Å². The molecule has 0 saturated heterocycles. The van der Waals surface area contributed by atoms with Crippen molar-refractivity contribution in [3.05, 3.63) is 29.6 Å². The first-order valence-electron chi connectivity index (χ1n) is 11.3. The average molecular weight is 505 g/mol. The Hall–Kier alpha value is -2.44. The summed E-state index contributed by atoms with van der Waals surface area (Å²) in [5, 5.41) is 8.85. The van der Waals surface area contributed by atoms with Crippen molar-refractivity contribution in [2.75, 3.05) is 38.8 Å². The van der Waals surface area contributed by atoms with E-state index in [-0.39, 0.29) is 50.5 Å². The van der Waals surface area contributed by atoms with Crippen LogP contribution in [0.4, 0.5) is 9.18 Å². The van der Waals surface area contributed by atoms with Gasteiger partial charge in [0.2, 0.25) is 10.0 Å². The highest BCUT2D eigenvalue weighted by Gasteiger charge is 2.19. The summed E-state index contributed by atoms with van der Waals surface area (Å²) >= 11 is 0. The molecule has 192 valence electrons. The highest BCUT2D eigenvalue weighted by Crippen LogP contribution is 2.27. The van der Waals surface area contributed by atoms with Crippen LogP contribution in [0.1, 0.15) is 44.6 Å². The van der Waals surface area contributed by atoms with Gasteiger partial charge >= 0.3 is 12.1 Å². The van der Waals surface area contributed by atoms with E-state index in [0.717, 1.165) is 36.1 Å². The first kappa shape index (κ1) is 27.8. The van der Waals surface area contributed by atoms with Gasteiger partial charge in [0.15, 0.2) is 11.6 Å². The summed E-state index contributed by atoms with van der Waals surface area (Å²) in [6, 6.07) is 4.54. The van der Waals surface area contributed by atoms with Crippen LogP contribution in [0.3, 0.4) is 0 Å². The summed E-state index contributed by atoms with van der Waals surface area (Å²) in [6.45, 7) is 0.924. The van der Waals surface area contributed by atoms with E-state index in [4.69, 9.17) is 19.3 Å². The van der Waals surface area contributed by atoms with Crippen LogP contribution in [0.5, 0.6) is 5.75 Å². The zero-order chi connectivity index (χ0) is 25.0. The molecule has 1 amide bonds. The Morgan fingerprint density at radius 1 is 1.26 bits per heavy atom. The molecule has 0 spiro atoms. The number of nitrogens with one attached hydrogen (secondary N) is 1. The maximum atomic E-state index is 14.0. The van der Waals surface area contributed by atoms with Crippen LogP contribution in [-0.4, -0.2) is 75.4 Å². The molecule has 1 aromatic rings. The van der Waals surface area contributed by atoms with Gasteiger partial charge in [0.1, 0.15) is 13.3 Å². The molecular formula is C22H33FN2O8S. The number of carboxylic acid groups (broad SMARTS) is 1. The summed E-state index contributed by atoms with van der Waals surface area (Å²) in [4.78, 5) is 23.4. The van der Waals surface area contributed by atoms with Crippen molar-refractivity contribution in [2.45, 2.75) is 51.6 Å². The first-order chi connectivity index (χ1) is 16.2. The fourth-order valence-electron chi connectivity index (χ4n) is 3.47. The topological polar surface area (TPSA) is 131 Å². The van der Waals surface area contributed by atoms with Crippen molar-refractivity contribution in [3.63, 3.8) is 0 Å². The summed E-state index contributed by atoms with van der Waals surface area (Å²) in [6.07, 6.45) is 3.70. The van der Waals surface area contributed by atoms with Gasteiger partial charge in [-0.15, -0.1) is 0 Å². The molecule has 0 aliphatic heterocycles. The number of sulfonamides is 1. The van der Waals surface area contributed by atoms with Crippen molar-refractivity contribution >= 4 is 22.1 Å². The highest BCUT2D eigenvalue weighted by atomic mass is 32.2. The molecule has 0 aromatic heterocycles. The average Bonchev–Trinajstić information content (AvgIpc) is 3.28. The number of hydrogen-bond donors (Lipinski definition) is 2. The van der Waals surface area contributed by atoms with Gasteiger partial charge in [-0.2, -0.15) is 0 Å². The van der Waals surface area contributed by atoms with Crippen LogP contribution in [-0.2, 0) is 30.7 Å². The van der Waals surface area contributed by atoms with Crippen molar-refractivity contribution in [1.29, 1.82) is 0 Å². The molecule has 2 N–H and O–H groups in total. The fourth-order valence-corrected chi connectivity index (χ4v) is 4.52. The third-order valence-electron chi connectivity index (χ3n) is 5.13. The molecule has 0 heterocycles. The van der Waals surface area contributed by atoms with Crippen LogP contribution in [0.2, 0.25) is 0 Å². The van der Waals surface area contributed by atoms with Gasteiger partial charge in [-0.05, 0) is 63.1 Å². The molecule has 12 heteroatoms. The van der Waals surface area contributed by atoms with E-state index in [1.807, 2.05) is 0 Å². The quantitative estimate of drug-likeness (QED) is 0.275. The molecule has 1 aromatic carbocycles. The van der Waals surface area contributed by atoms with Crippen molar-refractivity contribution in [3.8, 4) is 5.75 Å². The number of benzene rings is 1. The molecule has 0 unspecified atom stereocenters. The Morgan fingerprint density at radius 3 is 2.68 bits per heavy atom. The fraction of sp³-hybridized carbons (Fsp3) is 0.636. The van der Waals surface area contributed by atoms with E-state index in [0.29, 0.717) is 6.42 Å². The predicted octanol–water partition coefficient (Wildman–Crippen LogP) is 2.52. The zero-order valence-electron chi connectivity index (χ0n) is 19.3. The SMILES string of the molecule is CCOC(=O)N(COCCCS(=O)(=O)NCCc1ccc(F)c(OC2CCCC2)c1)CC(=O)O. The summed E-state index contributed by atoms with van der Waals surface area (Å²) in [5.74, 6) is -1.66. The Morgan fingerprint density at radius 2 is 2.00 bits per heavy atom. The van der Waals surface area contributed by atoms with Gasteiger partial charge in [0.05, 0.1) is 18.5 Å². The second-order valence-corrected chi connectivity index (χ2v) is 9.86. The number of hydrogen-bond acceptors (Lipinski definition) is 7. The monoisotopic (exact) mass is 504 g/mol. The molecule has 1 saturated carbocycles. The molecular weight excluding hydrogens is 471 g/mol. The molecule has 1 aliphatic carbocycles. The molecule has 0 atom stereocenters. The molecule has 34 heavy (non-hydrogen) atoms. The minimum Gasteiger partial charge on any atom is -0.487 e. The van der Waals surface area contributed by atoms with Gasteiger partial charge in [0, 0.05) is 13.2 Å². The predicted molar refractivity (Wildman–Crippen MR) is 122 cm³/mol. The third kappa shape index (κ3) is 10.2. The largest absolute Gasteiger partial charge is 0.487 e. The van der Waals surface area contributed by atoms with Crippen LogP contribution in [0, 0.1) is 5.82 Å². The molecule has 2 rings (SSSR count). The van der Waals surface area contributed by atoms with Gasteiger partial charge < -0.3 is 19.3 Å². The van der Waals surface area contributed by atoms with Gasteiger partial charge in [-0.1, -0.05) is 6.07 Å². The van der Waals surface area contributed by atoms with Gasteiger partial charge in [0.25, 0.3) is 0 Å². The van der Waals surface area contributed by atoms with Gasteiger partial charge in [-0.25, -0.2) is 22.3 Å². The molecule has 0 bridgehead atoms. The van der Waals surface area contributed by atoms with Crippen molar-refractivity contribution in [2.24, 2.45) is 0 Å². The van der Waals surface area contributed by atoms with Crippen LogP contribution in [0.15, 0.2) is 18.2 Å². The first-order valence-corrected chi connectivity index (χ1v) is 13.0. The molecule has 0 radical (unpaired) electrons. The lowest BCUT2D eigenvalue weighted by atomic mass is 10.1. The van der Waals surface area contributed by atoms with E-state index >= 15 is 0 Å². The van der Waals surface area contributed by atoms with Crippen LogP contribution >= 0.6 is 0 Å². The lowest BCUT2D eigenvalue weighted by molar-refractivity contribution is -0.139. The third-order valence-corrected chi connectivity index (χ3v) is 6.60. The summed E-state index contributed by atoms with van der Waals surface area (Å²) in [7, 11) is -3.57. The Labute approximate surface area is 199 Å². The molecule has 1 aliphatic rings. The van der Waals surface area contributed by atoms with Crippen molar-refractivity contribution < 1.29 is 41.7 Å². The number of halogens is 1. The number of aliphatic carboxylic acids is 1. The number of carboxylic acids is 1. The minimum absolute atomic E-state index is 0.0102. The summed E-state index contributed by atoms with van der Waals surface area (Å²) in [5.41, 5.74) is 0.762. The second-order valence-electron chi connectivity index (χ2n) is 7.93. The van der Waals surface area contributed by atoms with Crippen LogP contribution < -0.4 is 9.46 Å². The second kappa shape index (κ2) is 14.1. The number of amides is 1. The Kier molecular flexibility index (Phi) is 11.5. The standard InChI is InChI=1S/C22H33FN2O8S/c1-2-32-22(28)25(15-21(26)27)16-31-12-5-13-34(29,30)24-11-10-17-8-9-19(23)20(14-17)33-18-6-3-4-7-18/h8-9,14,18,24H,2-7,10-13,15-16H2,1H3,(H,26,27). The normalized spacial score (nSPS) is 14.2. The number of carbonyl (C=O) groups excluding carboxylic acids is 1. The Balaban J connectivity index is 1.70. The van der Waals surface area contributed by atoms with E-state index in [2.05, 4.69) is 4.72 Å². The maximum Gasteiger partial charge on any atom is 0.412 e. The van der Waals surface area contributed by atoms with E-state index in [1.54, 1.807) is 19.1 Å². The molecule has 10 nitrogen and oxygen atoms in total. The van der Waals surface area contributed by atoms with Gasteiger partial charge in [-0.3, -0.25) is 9.69 Å². The number of ether oxygens (including phenoxy) is 3. The maximum absolute atomic E-state index is 14.0. The smallest absolute Gasteiger partial charge is 0.412 e. The van der Waals surface area contributed by atoms with Crippen LogP contribution in [0.25, 0.3) is 0 Å². The Bertz CT molecular complexity index is 906. The lowest BCUT2D eigenvalue weighted by Gasteiger charge is -2.19. The van der Waals surface area contributed by atoms with E-state index < -0.39 is 34.4 Å². The van der Waals surface area contributed by atoms with E-state index in [9.17, 15) is 22.4 Å². The number of carbonyl (C=O) groups is 2. The molecule has 1 fully saturated rings. The minimum atomic E-state index is -3.57. The number of nitrogens with zero attached hydrogens (tertiary/aromatic N) is 1. The zero-order valence-corrected chi connectivity index (χ0v) is 20.1.